The highest BCUT2D eigenvalue weighted by Gasteiger charge is 2.25. The summed E-state index contributed by atoms with van der Waals surface area (Å²) in [4.78, 5) is 22.4. The van der Waals surface area contributed by atoms with Crippen LogP contribution >= 0.6 is 0 Å². The van der Waals surface area contributed by atoms with Crippen molar-refractivity contribution in [3.8, 4) is 17.5 Å². The van der Waals surface area contributed by atoms with Gasteiger partial charge in [-0.3, -0.25) is 4.79 Å². The molecule has 0 unspecified atom stereocenters. The minimum Gasteiger partial charge on any atom is -0.474 e. The number of rotatable bonds is 10. The molecule has 0 aliphatic carbocycles. The Morgan fingerprint density at radius 3 is 2.51 bits per heavy atom. The number of sulfone groups is 1. The summed E-state index contributed by atoms with van der Waals surface area (Å²) in [7, 11) is -3.54. The summed E-state index contributed by atoms with van der Waals surface area (Å²) in [5, 5.41) is 0. The molecule has 0 radical (unpaired) electrons. The molecule has 192 valence electrons. The molecule has 3 rings (SSSR count). The lowest BCUT2D eigenvalue weighted by Gasteiger charge is -2.32. The summed E-state index contributed by atoms with van der Waals surface area (Å²) >= 11 is 0. The van der Waals surface area contributed by atoms with E-state index in [2.05, 4.69) is 9.97 Å². The van der Waals surface area contributed by atoms with Gasteiger partial charge in [-0.2, -0.15) is 0 Å². The van der Waals surface area contributed by atoms with Gasteiger partial charge in [-0.1, -0.05) is 0 Å². The van der Waals surface area contributed by atoms with E-state index in [4.69, 9.17) is 14.2 Å². The number of halogens is 1. The van der Waals surface area contributed by atoms with Crippen molar-refractivity contribution in [2.45, 2.75) is 63.6 Å². The van der Waals surface area contributed by atoms with Gasteiger partial charge in [0.25, 0.3) is 0 Å². The van der Waals surface area contributed by atoms with Crippen LogP contribution < -0.4 is 9.47 Å². The fourth-order valence-electron chi connectivity index (χ4n) is 3.62. The van der Waals surface area contributed by atoms with E-state index in [1.54, 1.807) is 6.92 Å². The molecule has 9 nitrogen and oxygen atoms in total. The van der Waals surface area contributed by atoms with Crippen LogP contribution in [0.25, 0.3) is 0 Å². The van der Waals surface area contributed by atoms with Crippen LogP contribution in [0.4, 0.5) is 4.39 Å². The van der Waals surface area contributed by atoms with Crippen molar-refractivity contribution < 1.29 is 31.8 Å². The molecular formula is C24H32FN3O6S. The van der Waals surface area contributed by atoms with Crippen molar-refractivity contribution in [3.05, 3.63) is 35.9 Å². The number of likely N-dealkylation sites (tertiary alicyclic amines) is 1. The average molecular weight is 510 g/mol. The van der Waals surface area contributed by atoms with Crippen LogP contribution in [0.3, 0.4) is 0 Å². The van der Waals surface area contributed by atoms with E-state index >= 15 is 0 Å². The molecule has 0 bridgehead atoms. The van der Waals surface area contributed by atoms with E-state index in [0.717, 1.165) is 12.3 Å². The first-order chi connectivity index (χ1) is 16.5. The van der Waals surface area contributed by atoms with E-state index in [1.165, 1.54) is 18.5 Å². The van der Waals surface area contributed by atoms with E-state index in [0.29, 0.717) is 56.8 Å². The van der Waals surface area contributed by atoms with Gasteiger partial charge in [-0.15, -0.1) is 0 Å². The average Bonchev–Trinajstić information content (AvgIpc) is 2.80. The van der Waals surface area contributed by atoms with Crippen LogP contribution in [-0.2, 0) is 19.4 Å². The van der Waals surface area contributed by atoms with Crippen molar-refractivity contribution in [1.82, 2.24) is 14.9 Å². The number of nitrogens with zero attached hydrogens (tertiary/aromatic N) is 3. The number of hydrogen-bond donors (Lipinski definition) is 0. The van der Waals surface area contributed by atoms with Gasteiger partial charge in [-0.25, -0.2) is 22.8 Å². The molecule has 1 aliphatic rings. The van der Waals surface area contributed by atoms with Gasteiger partial charge in [0.2, 0.25) is 17.7 Å². The minimum atomic E-state index is -3.54. The van der Waals surface area contributed by atoms with Gasteiger partial charge in [0.1, 0.15) is 12.4 Å². The number of aromatic nitrogens is 2. The summed E-state index contributed by atoms with van der Waals surface area (Å²) < 4.78 is 54.7. The first-order valence-electron chi connectivity index (χ1n) is 11.6. The highest BCUT2D eigenvalue weighted by Crippen LogP contribution is 2.31. The SMILES string of the molecule is Cc1c(Oc2ccc(S(C)(=O)=O)cc2F)ncnc1OC1CCN(C(=O)CCCOC(C)C)CC1. The molecule has 0 spiro atoms. The number of carbonyl (C=O) groups is 1. The Morgan fingerprint density at radius 1 is 1.20 bits per heavy atom. The molecule has 1 aliphatic heterocycles. The lowest BCUT2D eigenvalue weighted by atomic mass is 10.1. The lowest BCUT2D eigenvalue weighted by Crippen LogP contribution is -2.41. The molecule has 0 saturated carbocycles. The number of piperidine rings is 1. The van der Waals surface area contributed by atoms with Crippen LogP contribution in [0.2, 0.25) is 0 Å². The maximum Gasteiger partial charge on any atom is 0.229 e. The van der Waals surface area contributed by atoms with Crippen LogP contribution in [0, 0.1) is 12.7 Å². The molecule has 2 heterocycles. The first-order valence-corrected chi connectivity index (χ1v) is 13.5. The molecule has 1 aromatic carbocycles. The number of carbonyl (C=O) groups excluding carboxylic acids is 1. The molecule has 1 amide bonds. The minimum absolute atomic E-state index is 0.109. The summed E-state index contributed by atoms with van der Waals surface area (Å²) in [5.41, 5.74) is 0.489. The van der Waals surface area contributed by atoms with Gasteiger partial charge < -0.3 is 19.1 Å². The molecule has 2 aromatic rings. The summed E-state index contributed by atoms with van der Waals surface area (Å²) in [6, 6.07) is 3.43. The second-order valence-corrected chi connectivity index (χ2v) is 10.8. The third-order valence-electron chi connectivity index (χ3n) is 5.59. The van der Waals surface area contributed by atoms with Crippen LogP contribution in [0.15, 0.2) is 29.4 Å². The first kappa shape index (κ1) is 26.8. The monoisotopic (exact) mass is 509 g/mol. The zero-order chi connectivity index (χ0) is 25.6. The maximum atomic E-state index is 14.4. The second kappa shape index (κ2) is 11.8. The van der Waals surface area contributed by atoms with E-state index in [9.17, 15) is 17.6 Å². The van der Waals surface area contributed by atoms with Gasteiger partial charge in [0.15, 0.2) is 21.4 Å². The van der Waals surface area contributed by atoms with Crippen molar-refractivity contribution in [1.29, 1.82) is 0 Å². The molecule has 0 atom stereocenters. The van der Waals surface area contributed by atoms with Crippen LogP contribution in [0.5, 0.6) is 17.5 Å². The number of benzene rings is 1. The smallest absolute Gasteiger partial charge is 0.229 e. The normalized spacial score (nSPS) is 14.9. The van der Waals surface area contributed by atoms with Gasteiger partial charge in [0.05, 0.1) is 16.6 Å². The Morgan fingerprint density at radius 2 is 1.89 bits per heavy atom. The van der Waals surface area contributed by atoms with E-state index in [1.807, 2.05) is 18.7 Å². The quantitative estimate of drug-likeness (QED) is 0.446. The molecule has 1 aromatic heterocycles. The lowest BCUT2D eigenvalue weighted by molar-refractivity contribution is -0.133. The Hall–Kier alpha value is -2.79. The summed E-state index contributed by atoms with van der Waals surface area (Å²) in [6.07, 6.45) is 4.79. The van der Waals surface area contributed by atoms with Crippen molar-refractivity contribution in [2.75, 3.05) is 26.0 Å². The largest absolute Gasteiger partial charge is 0.474 e. The predicted octanol–water partition coefficient (Wildman–Crippen LogP) is 3.69. The fourth-order valence-corrected chi connectivity index (χ4v) is 4.25. The molecule has 0 N–H and O–H groups in total. The molecule has 11 heteroatoms. The van der Waals surface area contributed by atoms with Crippen LogP contribution in [0.1, 0.15) is 45.1 Å². The summed E-state index contributed by atoms with van der Waals surface area (Å²) in [6.45, 7) is 7.41. The molecule has 35 heavy (non-hydrogen) atoms. The Bertz CT molecular complexity index is 1130. The Kier molecular flexibility index (Phi) is 9.01. The third-order valence-corrected chi connectivity index (χ3v) is 6.70. The second-order valence-electron chi connectivity index (χ2n) is 8.80. The topological polar surface area (TPSA) is 108 Å². The Balaban J connectivity index is 1.56. The van der Waals surface area contributed by atoms with Crippen LogP contribution in [-0.4, -0.2) is 67.4 Å². The number of ether oxygens (including phenoxy) is 3. The fraction of sp³-hybridized carbons (Fsp3) is 0.542. The predicted molar refractivity (Wildman–Crippen MR) is 127 cm³/mol. The zero-order valence-corrected chi connectivity index (χ0v) is 21.3. The number of hydrogen-bond acceptors (Lipinski definition) is 8. The van der Waals surface area contributed by atoms with Gasteiger partial charge >= 0.3 is 0 Å². The van der Waals surface area contributed by atoms with Crippen molar-refractivity contribution in [2.24, 2.45) is 0 Å². The van der Waals surface area contributed by atoms with E-state index < -0.39 is 15.7 Å². The third kappa shape index (κ3) is 7.60. The summed E-state index contributed by atoms with van der Waals surface area (Å²) in [5.74, 6) is -0.429. The molecule has 1 saturated heterocycles. The highest BCUT2D eigenvalue weighted by molar-refractivity contribution is 7.90. The van der Waals surface area contributed by atoms with Gasteiger partial charge in [0, 0.05) is 45.2 Å². The van der Waals surface area contributed by atoms with E-state index in [-0.39, 0.29) is 34.6 Å². The Labute approximate surface area is 205 Å². The van der Waals surface area contributed by atoms with Crippen molar-refractivity contribution >= 4 is 15.7 Å². The molecular weight excluding hydrogens is 477 g/mol. The maximum absolute atomic E-state index is 14.4. The van der Waals surface area contributed by atoms with Crippen molar-refractivity contribution in [3.63, 3.8) is 0 Å². The van der Waals surface area contributed by atoms with Gasteiger partial charge in [-0.05, 0) is 45.4 Å². The standard InChI is InChI=1S/C24H32FN3O6S/c1-16(2)32-13-5-6-22(29)28-11-9-18(10-12-28)33-23-17(3)24(27-15-26-23)34-21-8-7-19(14-20(21)25)35(4,30)31/h7-8,14-16,18H,5-6,9-13H2,1-4H3. The number of amides is 1. The molecule has 1 fully saturated rings. The zero-order valence-electron chi connectivity index (χ0n) is 20.5. The highest BCUT2D eigenvalue weighted by atomic mass is 32.2.